The first-order valence-corrected chi connectivity index (χ1v) is 8.09. The number of carboxylic acids is 1. The molecule has 116 valence electrons. The number of nitrogens with one attached hydrogen (secondary N) is 1. The number of carbonyl (C=O) groups excluding carboxylic acids is 1. The lowest BCUT2D eigenvalue weighted by atomic mass is 10.0. The highest BCUT2D eigenvalue weighted by molar-refractivity contribution is 8.00. The Kier molecular flexibility index (Phi) is 7.29. The summed E-state index contributed by atoms with van der Waals surface area (Å²) in [6, 6.07) is 6.18. The van der Waals surface area contributed by atoms with Gasteiger partial charge < -0.3 is 10.4 Å². The van der Waals surface area contributed by atoms with Crippen LogP contribution in [0.15, 0.2) is 23.1 Å². The molecule has 21 heavy (non-hydrogen) atoms. The zero-order chi connectivity index (χ0) is 15.8. The lowest BCUT2D eigenvalue weighted by molar-refractivity contribution is -0.138. The van der Waals surface area contributed by atoms with Crippen LogP contribution in [0, 0.1) is 19.8 Å². The molecule has 0 aliphatic carbocycles. The molecule has 1 aromatic rings. The first-order valence-electron chi connectivity index (χ1n) is 7.11. The molecule has 0 aliphatic heterocycles. The van der Waals surface area contributed by atoms with Crippen molar-refractivity contribution in [3.8, 4) is 0 Å². The lowest BCUT2D eigenvalue weighted by Gasteiger charge is -2.13. The highest BCUT2D eigenvalue weighted by atomic mass is 32.2. The van der Waals surface area contributed by atoms with Gasteiger partial charge in [-0.2, -0.15) is 0 Å². The molecule has 4 nitrogen and oxygen atoms in total. The molecule has 5 heteroatoms. The van der Waals surface area contributed by atoms with Crippen LogP contribution in [-0.2, 0) is 9.59 Å². The molecule has 0 aromatic heterocycles. The quantitative estimate of drug-likeness (QED) is 0.724. The predicted molar refractivity (Wildman–Crippen MR) is 85.7 cm³/mol. The lowest BCUT2D eigenvalue weighted by Crippen LogP contribution is -2.31. The SMILES string of the molecule is CCC(CNC(=O)CSc1cc(C)ccc1C)CC(=O)O. The average Bonchev–Trinajstić information content (AvgIpc) is 2.44. The van der Waals surface area contributed by atoms with Crippen LogP contribution in [-0.4, -0.2) is 29.3 Å². The van der Waals surface area contributed by atoms with Gasteiger partial charge in [0.1, 0.15) is 0 Å². The van der Waals surface area contributed by atoms with Crippen molar-refractivity contribution in [3.05, 3.63) is 29.3 Å². The van der Waals surface area contributed by atoms with Gasteiger partial charge in [-0.15, -0.1) is 11.8 Å². The smallest absolute Gasteiger partial charge is 0.303 e. The van der Waals surface area contributed by atoms with Gasteiger partial charge >= 0.3 is 5.97 Å². The molecule has 0 bridgehead atoms. The number of hydrogen-bond acceptors (Lipinski definition) is 3. The van der Waals surface area contributed by atoms with E-state index in [1.54, 1.807) is 0 Å². The number of aryl methyl sites for hydroxylation is 2. The van der Waals surface area contributed by atoms with Crippen molar-refractivity contribution in [1.29, 1.82) is 0 Å². The maximum atomic E-state index is 11.8. The van der Waals surface area contributed by atoms with E-state index in [-0.39, 0.29) is 18.2 Å². The van der Waals surface area contributed by atoms with Gasteiger partial charge in [0.25, 0.3) is 0 Å². The van der Waals surface area contributed by atoms with E-state index < -0.39 is 5.97 Å². The fourth-order valence-electron chi connectivity index (χ4n) is 1.92. The second-order valence-corrected chi connectivity index (χ2v) is 6.25. The molecule has 0 radical (unpaired) electrons. The van der Waals surface area contributed by atoms with Gasteiger partial charge in [-0.3, -0.25) is 9.59 Å². The monoisotopic (exact) mass is 309 g/mol. The third-order valence-corrected chi connectivity index (χ3v) is 4.49. The van der Waals surface area contributed by atoms with Crippen molar-refractivity contribution in [2.45, 2.75) is 38.5 Å². The zero-order valence-electron chi connectivity index (χ0n) is 12.8. The first kappa shape index (κ1) is 17.6. The van der Waals surface area contributed by atoms with E-state index >= 15 is 0 Å². The maximum absolute atomic E-state index is 11.8. The second kappa shape index (κ2) is 8.72. The van der Waals surface area contributed by atoms with E-state index in [4.69, 9.17) is 5.11 Å². The Hall–Kier alpha value is -1.49. The molecule has 2 N–H and O–H groups in total. The van der Waals surface area contributed by atoms with Crippen molar-refractivity contribution >= 4 is 23.6 Å². The summed E-state index contributed by atoms with van der Waals surface area (Å²) in [6.45, 7) is 6.42. The molecule has 0 fully saturated rings. The molecular weight excluding hydrogens is 286 g/mol. The summed E-state index contributed by atoms with van der Waals surface area (Å²) in [5, 5.41) is 11.6. The number of aliphatic carboxylic acids is 1. The predicted octanol–water partition coefficient (Wildman–Crippen LogP) is 3.01. The Morgan fingerprint density at radius 2 is 2.05 bits per heavy atom. The number of thioether (sulfide) groups is 1. The van der Waals surface area contributed by atoms with Crippen LogP contribution < -0.4 is 5.32 Å². The third-order valence-electron chi connectivity index (χ3n) is 3.33. The van der Waals surface area contributed by atoms with E-state index in [2.05, 4.69) is 23.5 Å². The van der Waals surface area contributed by atoms with E-state index in [9.17, 15) is 9.59 Å². The van der Waals surface area contributed by atoms with E-state index in [0.717, 1.165) is 16.9 Å². The molecule has 1 rings (SSSR count). The van der Waals surface area contributed by atoms with Crippen LogP contribution in [0.25, 0.3) is 0 Å². The number of rotatable bonds is 8. The zero-order valence-corrected chi connectivity index (χ0v) is 13.6. The Morgan fingerprint density at radius 1 is 1.33 bits per heavy atom. The molecule has 1 aromatic carbocycles. The minimum absolute atomic E-state index is 0.00263. The van der Waals surface area contributed by atoms with Gasteiger partial charge in [0.15, 0.2) is 0 Å². The number of carboxylic acid groups (broad SMARTS) is 1. The third kappa shape index (κ3) is 6.67. The first-order chi connectivity index (χ1) is 9.92. The number of benzene rings is 1. The Bertz CT molecular complexity index is 502. The van der Waals surface area contributed by atoms with E-state index in [1.807, 2.05) is 20.8 Å². The number of amides is 1. The van der Waals surface area contributed by atoms with Crippen LogP contribution in [0.4, 0.5) is 0 Å². The molecular formula is C16H23NO3S. The van der Waals surface area contributed by atoms with E-state index in [0.29, 0.717) is 12.3 Å². The topological polar surface area (TPSA) is 66.4 Å². The Morgan fingerprint density at radius 3 is 2.67 bits per heavy atom. The minimum Gasteiger partial charge on any atom is -0.481 e. The highest BCUT2D eigenvalue weighted by Crippen LogP contribution is 2.23. The van der Waals surface area contributed by atoms with Crippen LogP contribution in [0.3, 0.4) is 0 Å². The summed E-state index contributed by atoms with van der Waals surface area (Å²) < 4.78 is 0. The summed E-state index contributed by atoms with van der Waals surface area (Å²) in [7, 11) is 0. The van der Waals surface area contributed by atoms with Crippen LogP contribution in [0.2, 0.25) is 0 Å². The summed E-state index contributed by atoms with van der Waals surface area (Å²) in [5.74, 6) is -0.517. The molecule has 0 heterocycles. The summed E-state index contributed by atoms with van der Waals surface area (Å²) in [4.78, 5) is 23.6. The molecule has 0 aliphatic rings. The highest BCUT2D eigenvalue weighted by Gasteiger charge is 2.12. The summed E-state index contributed by atoms with van der Waals surface area (Å²) >= 11 is 1.51. The van der Waals surface area contributed by atoms with Crippen molar-refractivity contribution in [2.24, 2.45) is 5.92 Å². The van der Waals surface area contributed by atoms with Gasteiger partial charge in [-0.1, -0.05) is 31.0 Å². The van der Waals surface area contributed by atoms with Gasteiger partial charge in [-0.25, -0.2) is 0 Å². The maximum Gasteiger partial charge on any atom is 0.303 e. The molecule has 1 atom stereocenters. The summed E-state index contributed by atoms with van der Waals surface area (Å²) in [5.41, 5.74) is 2.34. The molecule has 0 saturated carbocycles. The van der Waals surface area contributed by atoms with Crippen LogP contribution in [0.1, 0.15) is 30.9 Å². The van der Waals surface area contributed by atoms with Crippen molar-refractivity contribution in [3.63, 3.8) is 0 Å². The summed E-state index contributed by atoms with van der Waals surface area (Å²) in [6.07, 6.45) is 0.845. The Labute approximate surface area is 130 Å². The standard InChI is InChI=1S/C16H23NO3S/c1-4-13(8-16(19)20)9-17-15(18)10-21-14-7-11(2)5-6-12(14)3/h5-7,13H,4,8-10H2,1-3H3,(H,17,18)(H,19,20). The average molecular weight is 309 g/mol. The molecule has 1 amide bonds. The number of hydrogen-bond donors (Lipinski definition) is 2. The van der Waals surface area contributed by atoms with Gasteiger partial charge in [0.05, 0.1) is 5.75 Å². The second-order valence-electron chi connectivity index (χ2n) is 5.23. The van der Waals surface area contributed by atoms with Crippen LogP contribution >= 0.6 is 11.8 Å². The van der Waals surface area contributed by atoms with Crippen molar-refractivity contribution in [1.82, 2.24) is 5.32 Å². The minimum atomic E-state index is -0.819. The fourth-order valence-corrected chi connectivity index (χ4v) is 2.88. The largest absolute Gasteiger partial charge is 0.481 e. The Balaban J connectivity index is 2.40. The van der Waals surface area contributed by atoms with E-state index in [1.165, 1.54) is 17.3 Å². The normalized spacial score (nSPS) is 12.0. The van der Waals surface area contributed by atoms with Crippen LogP contribution in [0.5, 0.6) is 0 Å². The number of carbonyl (C=O) groups is 2. The molecule has 1 unspecified atom stereocenters. The fraction of sp³-hybridized carbons (Fsp3) is 0.500. The molecule has 0 saturated heterocycles. The van der Waals surface area contributed by atoms with Crippen molar-refractivity contribution in [2.75, 3.05) is 12.3 Å². The van der Waals surface area contributed by atoms with Gasteiger partial charge in [-0.05, 0) is 31.4 Å². The van der Waals surface area contributed by atoms with Gasteiger partial charge in [0, 0.05) is 17.9 Å². The van der Waals surface area contributed by atoms with Crippen molar-refractivity contribution < 1.29 is 14.7 Å². The van der Waals surface area contributed by atoms with Gasteiger partial charge in [0.2, 0.25) is 5.91 Å². The molecule has 0 spiro atoms.